The lowest BCUT2D eigenvalue weighted by atomic mass is 10.3. The molecule has 1 atom stereocenters. The summed E-state index contributed by atoms with van der Waals surface area (Å²) in [6.45, 7) is 2.21. The van der Waals surface area contributed by atoms with Gasteiger partial charge in [-0.25, -0.2) is 17.5 Å². The summed E-state index contributed by atoms with van der Waals surface area (Å²) in [5.41, 5.74) is 0. The van der Waals surface area contributed by atoms with Gasteiger partial charge in [-0.1, -0.05) is 0 Å². The van der Waals surface area contributed by atoms with Crippen LogP contribution in [0.25, 0.3) is 0 Å². The van der Waals surface area contributed by atoms with Crippen molar-refractivity contribution in [3.8, 4) is 0 Å². The maximum absolute atomic E-state index is 12.9. The Kier molecular flexibility index (Phi) is 5.71. The highest BCUT2D eigenvalue weighted by atomic mass is 79.9. The first-order chi connectivity index (χ1) is 8.36. The van der Waals surface area contributed by atoms with E-state index in [4.69, 9.17) is 4.74 Å². The fraction of sp³-hybridized carbons (Fsp3) is 0.455. The summed E-state index contributed by atoms with van der Waals surface area (Å²) in [6, 6.07) is 3.20. The van der Waals surface area contributed by atoms with Crippen LogP contribution in [-0.2, 0) is 14.8 Å². The number of nitrogens with one attached hydrogen (secondary N) is 1. The standard InChI is InChI=1S/C11H15BrFNO3S/c1-8(5-6-17-2)14-18(15,16)11-4-3-9(13)7-10(11)12/h3-4,7-8,14H,5-6H2,1-2H3. The maximum atomic E-state index is 12.9. The monoisotopic (exact) mass is 339 g/mol. The van der Waals surface area contributed by atoms with Gasteiger partial charge in [0.25, 0.3) is 0 Å². The van der Waals surface area contributed by atoms with Crippen molar-refractivity contribution in [3.63, 3.8) is 0 Å². The second-order valence-corrected chi connectivity index (χ2v) is 6.42. The molecule has 7 heteroatoms. The average Bonchev–Trinajstić information content (AvgIpc) is 2.25. The zero-order valence-electron chi connectivity index (χ0n) is 10.1. The van der Waals surface area contributed by atoms with Gasteiger partial charge in [-0.2, -0.15) is 0 Å². The smallest absolute Gasteiger partial charge is 0.241 e. The quantitative estimate of drug-likeness (QED) is 0.865. The molecule has 0 heterocycles. The highest BCUT2D eigenvalue weighted by molar-refractivity contribution is 9.10. The first-order valence-corrected chi connectivity index (χ1v) is 7.60. The third-order valence-corrected chi connectivity index (χ3v) is 4.86. The van der Waals surface area contributed by atoms with Gasteiger partial charge in [0.2, 0.25) is 10.0 Å². The fourth-order valence-electron chi connectivity index (χ4n) is 1.38. The minimum atomic E-state index is -3.66. The molecular formula is C11H15BrFNO3S. The van der Waals surface area contributed by atoms with Gasteiger partial charge < -0.3 is 4.74 Å². The van der Waals surface area contributed by atoms with Crippen LogP contribution < -0.4 is 4.72 Å². The van der Waals surface area contributed by atoms with Crippen LogP contribution in [0, 0.1) is 5.82 Å². The molecule has 0 aliphatic rings. The van der Waals surface area contributed by atoms with Crippen molar-refractivity contribution < 1.29 is 17.5 Å². The van der Waals surface area contributed by atoms with E-state index >= 15 is 0 Å². The zero-order chi connectivity index (χ0) is 13.8. The van der Waals surface area contributed by atoms with Crippen molar-refractivity contribution in [1.82, 2.24) is 4.72 Å². The molecular weight excluding hydrogens is 325 g/mol. The van der Waals surface area contributed by atoms with Gasteiger partial charge in [0.1, 0.15) is 5.82 Å². The number of sulfonamides is 1. The Bertz CT molecular complexity index is 507. The van der Waals surface area contributed by atoms with Crippen LogP contribution in [-0.4, -0.2) is 28.2 Å². The van der Waals surface area contributed by atoms with E-state index < -0.39 is 15.8 Å². The molecule has 0 amide bonds. The third kappa shape index (κ3) is 4.31. The van der Waals surface area contributed by atoms with Crippen LogP contribution in [0.2, 0.25) is 0 Å². The second-order valence-electron chi connectivity index (χ2n) is 3.88. The van der Waals surface area contributed by atoms with Crippen LogP contribution in [0.3, 0.4) is 0 Å². The normalized spacial score (nSPS) is 13.6. The number of rotatable bonds is 6. The molecule has 0 bridgehead atoms. The van der Waals surface area contributed by atoms with Crippen LogP contribution in [0.1, 0.15) is 13.3 Å². The predicted molar refractivity (Wildman–Crippen MR) is 70.4 cm³/mol. The Hall–Kier alpha value is -0.500. The van der Waals surface area contributed by atoms with Gasteiger partial charge in [-0.15, -0.1) is 0 Å². The number of ether oxygens (including phenoxy) is 1. The lowest BCUT2D eigenvalue weighted by Crippen LogP contribution is -2.33. The van der Waals surface area contributed by atoms with E-state index in [2.05, 4.69) is 20.7 Å². The third-order valence-electron chi connectivity index (χ3n) is 2.29. The molecule has 0 aromatic heterocycles. The highest BCUT2D eigenvalue weighted by Crippen LogP contribution is 2.22. The molecule has 0 spiro atoms. The molecule has 1 aromatic rings. The molecule has 1 rings (SSSR count). The molecule has 18 heavy (non-hydrogen) atoms. The van der Waals surface area contributed by atoms with E-state index in [0.29, 0.717) is 13.0 Å². The number of hydrogen-bond acceptors (Lipinski definition) is 3. The lowest BCUT2D eigenvalue weighted by Gasteiger charge is -2.14. The molecule has 4 nitrogen and oxygen atoms in total. The van der Waals surface area contributed by atoms with Crippen molar-refractivity contribution in [2.45, 2.75) is 24.3 Å². The Morgan fingerprint density at radius 1 is 1.50 bits per heavy atom. The number of hydrogen-bond donors (Lipinski definition) is 1. The molecule has 0 aliphatic heterocycles. The van der Waals surface area contributed by atoms with E-state index in [0.717, 1.165) is 12.1 Å². The minimum absolute atomic E-state index is 0.0215. The highest BCUT2D eigenvalue weighted by Gasteiger charge is 2.20. The molecule has 1 N–H and O–H groups in total. The van der Waals surface area contributed by atoms with Gasteiger partial charge in [0, 0.05) is 24.2 Å². The summed E-state index contributed by atoms with van der Waals surface area (Å²) in [6.07, 6.45) is 0.564. The van der Waals surface area contributed by atoms with E-state index in [1.54, 1.807) is 14.0 Å². The Balaban J connectivity index is 2.86. The van der Waals surface area contributed by atoms with Gasteiger partial charge in [0.05, 0.1) is 4.90 Å². The van der Waals surface area contributed by atoms with Crippen molar-refractivity contribution in [2.24, 2.45) is 0 Å². The first-order valence-electron chi connectivity index (χ1n) is 5.33. The molecule has 0 fully saturated rings. The lowest BCUT2D eigenvalue weighted by molar-refractivity contribution is 0.188. The molecule has 0 saturated heterocycles. The van der Waals surface area contributed by atoms with Gasteiger partial charge in [0.15, 0.2) is 0 Å². The zero-order valence-corrected chi connectivity index (χ0v) is 12.5. The van der Waals surface area contributed by atoms with E-state index in [-0.39, 0.29) is 15.4 Å². The maximum Gasteiger partial charge on any atom is 0.241 e. The van der Waals surface area contributed by atoms with E-state index in [1.165, 1.54) is 6.07 Å². The summed E-state index contributed by atoms with van der Waals surface area (Å²) in [5.74, 6) is -0.492. The van der Waals surface area contributed by atoms with Crippen molar-refractivity contribution in [3.05, 3.63) is 28.5 Å². The summed E-state index contributed by atoms with van der Waals surface area (Å²) >= 11 is 3.04. The van der Waals surface area contributed by atoms with Crippen LogP contribution >= 0.6 is 15.9 Å². The number of benzene rings is 1. The molecule has 102 valence electrons. The van der Waals surface area contributed by atoms with E-state index in [1.807, 2.05) is 0 Å². The summed E-state index contributed by atoms with van der Waals surface area (Å²) in [4.78, 5) is 0.0215. The number of halogens is 2. The minimum Gasteiger partial charge on any atom is -0.385 e. The Morgan fingerprint density at radius 3 is 2.72 bits per heavy atom. The molecule has 0 aliphatic carbocycles. The van der Waals surface area contributed by atoms with Crippen LogP contribution in [0.15, 0.2) is 27.6 Å². The second kappa shape index (κ2) is 6.60. The largest absolute Gasteiger partial charge is 0.385 e. The molecule has 0 radical (unpaired) electrons. The predicted octanol–water partition coefficient (Wildman–Crippen LogP) is 2.29. The summed E-state index contributed by atoms with van der Waals surface area (Å²) < 4.78 is 44.6. The van der Waals surface area contributed by atoms with Gasteiger partial charge >= 0.3 is 0 Å². The summed E-state index contributed by atoms with van der Waals surface area (Å²) in [7, 11) is -2.10. The van der Waals surface area contributed by atoms with Crippen molar-refractivity contribution in [1.29, 1.82) is 0 Å². The van der Waals surface area contributed by atoms with Crippen LogP contribution in [0.5, 0.6) is 0 Å². The van der Waals surface area contributed by atoms with Gasteiger partial charge in [-0.3, -0.25) is 0 Å². The SMILES string of the molecule is COCCC(C)NS(=O)(=O)c1ccc(F)cc1Br. The Morgan fingerprint density at radius 2 is 2.17 bits per heavy atom. The molecule has 1 aromatic carbocycles. The summed E-state index contributed by atoms with van der Waals surface area (Å²) in [5, 5.41) is 0. The van der Waals surface area contributed by atoms with Gasteiger partial charge in [-0.05, 0) is 47.5 Å². The van der Waals surface area contributed by atoms with Crippen molar-refractivity contribution >= 4 is 26.0 Å². The topological polar surface area (TPSA) is 55.4 Å². The van der Waals surface area contributed by atoms with E-state index in [9.17, 15) is 12.8 Å². The fourth-order valence-corrected chi connectivity index (χ4v) is 3.70. The van der Waals surface area contributed by atoms with Crippen molar-refractivity contribution in [2.75, 3.05) is 13.7 Å². The molecule has 0 saturated carbocycles. The Labute approximate surface area is 115 Å². The average molecular weight is 340 g/mol. The first kappa shape index (κ1) is 15.6. The number of methoxy groups -OCH3 is 1. The molecule has 1 unspecified atom stereocenters. The van der Waals surface area contributed by atoms with Crippen LogP contribution in [0.4, 0.5) is 4.39 Å².